The number of nitrogens with zero attached hydrogens (tertiary/aromatic N) is 1. The van der Waals surface area contributed by atoms with E-state index in [0.29, 0.717) is 49.6 Å². The average molecular weight is 834 g/mol. The molecule has 0 heterocycles. The van der Waals surface area contributed by atoms with E-state index in [1.807, 2.05) is 11.8 Å². The van der Waals surface area contributed by atoms with Crippen molar-refractivity contribution in [2.45, 2.75) is 26.8 Å². The summed E-state index contributed by atoms with van der Waals surface area (Å²) in [5.74, 6) is 0. The normalized spacial score (nSPS) is 10.5. The fourth-order valence-electron chi connectivity index (χ4n) is 2.38. The summed E-state index contributed by atoms with van der Waals surface area (Å²) in [6.07, 6.45) is 0. The Balaban J connectivity index is 0. The van der Waals surface area contributed by atoms with E-state index in [0.717, 1.165) is 23.7 Å². The summed E-state index contributed by atoms with van der Waals surface area (Å²) < 4.78 is 1.67. The van der Waals surface area contributed by atoms with Crippen molar-refractivity contribution in [3.8, 4) is 0 Å². The van der Waals surface area contributed by atoms with Crippen molar-refractivity contribution in [3.63, 3.8) is 0 Å². The Morgan fingerprint density at radius 1 is 0.769 bits per heavy atom. The third-order valence-electron chi connectivity index (χ3n) is 4.25. The second kappa shape index (κ2) is 23.4. The number of hydrogen-bond acceptors (Lipinski definition) is 3. The van der Waals surface area contributed by atoms with Crippen LogP contribution in [0.25, 0.3) is 0 Å². The van der Waals surface area contributed by atoms with E-state index in [4.69, 9.17) is 106 Å². The molecule has 0 spiro atoms. The quantitative estimate of drug-likeness (QED) is 0.0631. The molecule has 0 aliphatic heterocycles. The summed E-state index contributed by atoms with van der Waals surface area (Å²) >= 11 is 62.1. The molecule has 212 valence electrons. The molecule has 0 bridgehead atoms. The zero-order chi connectivity index (χ0) is 29.6. The molecule has 0 radical (unpaired) electrons. The molecule has 0 saturated heterocycles. The molecule has 2 N–H and O–H groups in total. The summed E-state index contributed by atoms with van der Waals surface area (Å²) in [6.45, 7) is 8.71. The third kappa shape index (κ3) is 19.1. The number of halogens is 6. The fourth-order valence-corrected chi connectivity index (χ4v) is 6.18. The minimum atomic E-state index is 0. The first kappa shape index (κ1) is 43.1. The molecule has 0 aliphatic rings. The Morgan fingerprint density at radius 2 is 1.15 bits per heavy atom. The van der Waals surface area contributed by atoms with Gasteiger partial charge in [-0.25, -0.2) is 0 Å². The molecular formula is C22H26Cl6N3PS6Zn+2. The SMILES string of the molecule is CC(CNC(=S)S)NC(=S)S.CCN(CC)C(=S)S.Clc1cc(Cl)c(Pc2cc(Cl)c(Cl)cc2Cl)cc1Cl.[Zn+2]. The molecule has 0 aliphatic carbocycles. The van der Waals surface area contributed by atoms with Crippen LogP contribution in [0.5, 0.6) is 0 Å². The molecule has 0 amide bonds. The maximum Gasteiger partial charge on any atom is 2.00 e. The van der Waals surface area contributed by atoms with Crippen LogP contribution in [0.4, 0.5) is 0 Å². The minimum Gasteiger partial charge on any atom is -0.369 e. The Labute approximate surface area is 308 Å². The van der Waals surface area contributed by atoms with Gasteiger partial charge in [0.2, 0.25) is 0 Å². The van der Waals surface area contributed by atoms with Gasteiger partial charge in [-0.05, 0) is 55.6 Å². The second-order valence-corrected chi connectivity index (χ2v) is 14.3. The Bertz CT molecular complexity index is 1060. The predicted octanol–water partition coefficient (Wildman–Crippen LogP) is 8.76. The van der Waals surface area contributed by atoms with Crippen molar-refractivity contribution in [2.75, 3.05) is 19.6 Å². The van der Waals surface area contributed by atoms with Crippen LogP contribution in [0, 0.1) is 0 Å². The number of rotatable bonds is 7. The first-order valence-corrected chi connectivity index (χ1v) is 16.5. The second-order valence-electron chi connectivity index (χ2n) is 7.11. The van der Waals surface area contributed by atoms with E-state index < -0.39 is 0 Å². The molecule has 17 heteroatoms. The van der Waals surface area contributed by atoms with E-state index in [1.165, 1.54) is 0 Å². The maximum absolute atomic E-state index is 6.14. The predicted molar refractivity (Wildman–Crippen MR) is 199 cm³/mol. The molecule has 0 fully saturated rings. The molecular weight excluding hydrogens is 808 g/mol. The zero-order valence-corrected chi connectivity index (χ0v) is 34.6. The van der Waals surface area contributed by atoms with Gasteiger partial charge in [-0.2, -0.15) is 0 Å². The van der Waals surface area contributed by atoms with Gasteiger partial charge in [0.1, 0.15) is 13.0 Å². The molecule has 2 aromatic rings. The summed E-state index contributed by atoms with van der Waals surface area (Å²) in [5, 5.41) is 10.3. The van der Waals surface area contributed by atoms with Crippen molar-refractivity contribution in [2.24, 2.45) is 0 Å². The van der Waals surface area contributed by atoms with Crippen LogP contribution in [-0.4, -0.2) is 43.5 Å². The van der Waals surface area contributed by atoms with Gasteiger partial charge in [-0.15, -0.1) is 37.9 Å². The van der Waals surface area contributed by atoms with E-state index in [-0.39, 0.29) is 34.1 Å². The van der Waals surface area contributed by atoms with Gasteiger partial charge in [0.25, 0.3) is 0 Å². The van der Waals surface area contributed by atoms with Crippen LogP contribution >= 0.6 is 153 Å². The van der Waals surface area contributed by atoms with Crippen LogP contribution in [0.15, 0.2) is 24.3 Å². The third-order valence-corrected chi connectivity index (χ3v) is 9.10. The van der Waals surface area contributed by atoms with E-state index in [2.05, 4.69) is 62.4 Å². The molecule has 39 heavy (non-hydrogen) atoms. The molecule has 2 rings (SSSR count). The summed E-state index contributed by atoms with van der Waals surface area (Å²) in [6, 6.07) is 6.89. The van der Waals surface area contributed by atoms with Crippen LogP contribution in [-0.2, 0) is 19.5 Å². The molecule has 0 aromatic heterocycles. The van der Waals surface area contributed by atoms with Crippen molar-refractivity contribution in [1.29, 1.82) is 0 Å². The number of thiol groups is 3. The molecule has 2 aromatic carbocycles. The van der Waals surface area contributed by atoms with Gasteiger partial charge < -0.3 is 15.5 Å². The van der Waals surface area contributed by atoms with E-state index >= 15 is 0 Å². The Morgan fingerprint density at radius 3 is 1.44 bits per heavy atom. The van der Waals surface area contributed by atoms with E-state index in [1.54, 1.807) is 24.3 Å². The largest absolute Gasteiger partial charge is 2.00 e. The molecule has 0 saturated carbocycles. The first-order chi connectivity index (χ1) is 17.6. The van der Waals surface area contributed by atoms with Gasteiger partial charge in [0.05, 0.1) is 20.1 Å². The van der Waals surface area contributed by atoms with Crippen LogP contribution in [0.3, 0.4) is 0 Å². The van der Waals surface area contributed by atoms with Gasteiger partial charge in [0.15, 0.2) is 0 Å². The molecule has 1 atom stereocenters. The molecule has 1 unspecified atom stereocenters. The maximum atomic E-state index is 6.14. The fraction of sp³-hybridized carbons (Fsp3) is 0.318. The van der Waals surface area contributed by atoms with Crippen LogP contribution in [0.2, 0.25) is 30.1 Å². The summed E-state index contributed by atoms with van der Waals surface area (Å²) in [5.41, 5.74) is 0. The summed E-state index contributed by atoms with van der Waals surface area (Å²) in [4.78, 5) is 2.01. The standard InChI is InChI=1S/C12H5Cl6P.C5H10N2S4.C5H11NS2.Zn/c13-5-1-9(17)11(3-7(5)15)19-12-4-8(16)6(14)2-10(12)18;1-3(7-5(10)11)2-6-4(8)9;1-3-6(4-2)5(7)8;/h1-4,19H;3H,2H2,1H3,(H2,6,8,9)(H2,7,10,11);3-4H2,1-2H3,(H,7,8);/q;;;+2. The monoisotopic (exact) mass is 829 g/mol. The van der Waals surface area contributed by atoms with Crippen molar-refractivity contribution >= 4 is 176 Å². The van der Waals surface area contributed by atoms with Gasteiger partial charge in [-0.3, -0.25) is 0 Å². The van der Waals surface area contributed by atoms with Crippen molar-refractivity contribution in [1.82, 2.24) is 15.5 Å². The zero-order valence-electron chi connectivity index (χ0n) is 21.0. The van der Waals surface area contributed by atoms with Crippen molar-refractivity contribution < 1.29 is 19.5 Å². The van der Waals surface area contributed by atoms with Gasteiger partial charge in [-0.1, -0.05) is 115 Å². The van der Waals surface area contributed by atoms with Gasteiger partial charge in [0, 0.05) is 35.7 Å². The smallest absolute Gasteiger partial charge is 0.369 e. The Kier molecular flexibility index (Phi) is 25.8. The summed E-state index contributed by atoms with van der Waals surface area (Å²) in [7, 11) is 0.210. The average Bonchev–Trinajstić information content (AvgIpc) is 2.80. The number of thiocarbonyl (C=S) groups is 3. The first-order valence-electron chi connectivity index (χ1n) is 10.6. The number of hydrogen-bond donors (Lipinski definition) is 5. The number of nitrogens with one attached hydrogen (secondary N) is 2. The molecule has 3 nitrogen and oxygen atoms in total. The van der Waals surface area contributed by atoms with Crippen molar-refractivity contribution in [3.05, 3.63) is 54.4 Å². The Hall–Kier alpha value is 1.95. The van der Waals surface area contributed by atoms with Gasteiger partial charge >= 0.3 is 19.5 Å². The number of benzene rings is 2. The minimum absolute atomic E-state index is 0. The van der Waals surface area contributed by atoms with Crippen LogP contribution in [0.1, 0.15) is 20.8 Å². The topological polar surface area (TPSA) is 27.3 Å². The van der Waals surface area contributed by atoms with E-state index in [9.17, 15) is 0 Å². The van der Waals surface area contributed by atoms with Crippen LogP contribution < -0.4 is 21.2 Å².